The number of hydrogen-bond donors (Lipinski definition) is 2. The molecule has 0 spiro atoms. The van der Waals surface area contributed by atoms with Crippen LogP contribution in [0.1, 0.15) is 61.5 Å². The first-order valence-electron chi connectivity index (χ1n) is 11.9. The molecule has 35 heavy (non-hydrogen) atoms. The van der Waals surface area contributed by atoms with Crippen molar-refractivity contribution in [3.05, 3.63) is 35.3 Å². The summed E-state index contributed by atoms with van der Waals surface area (Å²) in [7, 11) is 0. The number of esters is 1. The summed E-state index contributed by atoms with van der Waals surface area (Å²) in [4.78, 5) is 36.4. The number of fused-ring (bicyclic) bond motifs is 1. The number of nitrogens with one attached hydrogen (secondary N) is 2. The van der Waals surface area contributed by atoms with Gasteiger partial charge in [0.05, 0.1) is 12.6 Å². The van der Waals surface area contributed by atoms with Gasteiger partial charge in [0.2, 0.25) is 6.29 Å². The maximum absolute atomic E-state index is 14.7. The van der Waals surface area contributed by atoms with Gasteiger partial charge in [-0.1, -0.05) is 38.2 Å². The Bertz CT molecular complexity index is 1040. The minimum atomic E-state index is -4.64. The van der Waals surface area contributed by atoms with E-state index < -0.39 is 24.2 Å². The molecular weight excluding hydrogens is 468 g/mol. The van der Waals surface area contributed by atoms with E-state index in [1.807, 2.05) is 6.07 Å². The van der Waals surface area contributed by atoms with Crippen LogP contribution in [0, 0.1) is 17.7 Å². The fourth-order valence-electron chi connectivity index (χ4n) is 5.12. The topological polar surface area (TPSA) is 88.3 Å². The first kappa shape index (κ1) is 26.8. The lowest BCUT2D eigenvalue weighted by Crippen LogP contribution is -2.40. The van der Waals surface area contributed by atoms with Crippen LogP contribution in [0.25, 0.3) is 10.9 Å². The summed E-state index contributed by atoms with van der Waals surface area (Å²) in [6.45, 7) is 2.76. The van der Waals surface area contributed by atoms with E-state index >= 15 is 0 Å². The molecule has 192 valence electrons. The summed E-state index contributed by atoms with van der Waals surface area (Å²) in [5, 5.41) is 3.74. The number of carbonyl (C=O) groups excluding carboxylic acids is 3. The molecule has 1 aliphatic carbocycles. The zero-order valence-electron chi connectivity index (χ0n) is 19.6. The van der Waals surface area contributed by atoms with Crippen LogP contribution in [-0.2, 0) is 20.7 Å². The molecule has 0 amide bonds. The highest BCUT2D eigenvalue weighted by molar-refractivity contribution is 5.96. The van der Waals surface area contributed by atoms with Crippen LogP contribution in [0.4, 0.5) is 17.6 Å². The zero-order valence-corrected chi connectivity index (χ0v) is 19.6. The molecule has 2 aliphatic rings. The van der Waals surface area contributed by atoms with Crippen LogP contribution in [0.3, 0.4) is 0 Å². The number of carbonyl (C=O) groups is 3. The zero-order chi connectivity index (χ0) is 25.6. The molecule has 0 radical (unpaired) electrons. The molecule has 1 saturated heterocycles. The van der Waals surface area contributed by atoms with Gasteiger partial charge in [-0.2, -0.15) is 13.2 Å². The molecule has 2 N–H and O–H groups in total. The second kappa shape index (κ2) is 11.8. The van der Waals surface area contributed by atoms with E-state index in [9.17, 15) is 27.2 Å². The Morgan fingerprint density at radius 1 is 1.14 bits per heavy atom. The van der Waals surface area contributed by atoms with Crippen molar-refractivity contribution in [2.45, 2.75) is 64.1 Å². The highest BCUT2D eigenvalue weighted by atomic mass is 19.4. The number of ketones is 1. The molecule has 2 heterocycles. The third-order valence-corrected chi connectivity index (χ3v) is 6.66. The SMILES string of the molecule is CCOC(=O)c1[nH]c2ccc(CC(=O)[C@H]3NCC[C@H]3C3CCCCC3)cc2c1F.O=CC(F)(F)F. The molecule has 6 nitrogen and oxygen atoms in total. The van der Waals surface area contributed by atoms with E-state index in [0.29, 0.717) is 22.7 Å². The van der Waals surface area contributed by atoms with Gasteiger partial charge in [0.25, 0.3) is 0 Å². The first-order chi connectivity index (χ1) is 16.6. The van der Waals surface area contributed by atoms with Gasteiger partial charge in [-0.3, -0.25) is 9.59 Å². The Labute approximate surface area is 200 Å². The fourth-order valence-corrected chi connectivity index (χ4v) is 5.12. The Morgan fingerprint density at radius 3 is 2.46 bits per heavy atom. The Balaban J connectivity index is 0.000000509. The minimum absolute atomic E-state index is 0.0973. The van der Waals surface area contributed by atoms with Crippen molar-refractivity contribution in [1.29, 1.82) is 0 Å². The van der Waals surface area contributed by atoms with Gasteiger partial charge in [-0.05, 0) is 49.4 Å². The van der Waals surface area contributed by atoms with Crippen molar-refractivity contribution in [2.75, 3.05) is 13.2 Å². The van der Waals surface area contributed by atoms with Gasteiger partial charge >= 0.3 is 12.1 Å². The normalized spacial score (nSPS) is 20.8. The van der Waals surface area contributed by atoms with E-state index in [2.05, 4.69) is 10.3 Å². The van der Waals surface area contributed by atoms with E-state index in [1.54, 1.807) is 19.1 Å². The standard InChI is InChI=1S/C23H29FN2O3.C2HF3O/c1-2-29-23(28)22-20(24)17-12-14(8-9-18(17)26-22)13-19(27)21-16(10-11-25-21)15-6-4-3-5-7-15;3-2(4,5)1-6/h8-9,12,15-16,21,25-26H,2-7,10-11,13H2,1H3;1H/t16-,21-;/m0./s1. The van der Waals surface area contributed by atoms with Gasteiger partial charge in [0.1, 0.15) is 0 Å². The monoisotopic (exact) mass is 498 g/mol. The van der Waals surface area contributed by atoms with Gasteiger partial charge in [-0.25, -0.2) is 9.18 Å². The Hall–Kier alpha value is -2.75. The molecule has 1 saturated carbocycles. The van der Waals surface area contributed by atoms with Crippen LogP contribution in [0.5, 0.6) is 0 Å². The fraction of sp³-hybridized carbons (Fsp3) is 0.560. The van der Waals surface area contributed by atoms with Crippen LogP contribution in [0.15, 0.2) is 18.2 Å². The number of ether oxygens (including phenoxy) is 1. The number of hydrogen-bond acceptors (Lipinski definition) is 5. The average molecular weight is 499 g/mol. The molecule has 10 heteroatoms. The third-order valence-electron chi connectivity index (χ3n) is 6.66. The highest BCUT2D eigenvalue weighted by Gasteiger charge is 2.37. The summed E-state index contributed by atoms with van der Waals surface area (Å²) < 4.78 is 50.8. The smallest absolute Gasteiger partial charge is 0.446 e. The van der Waals surface area contributed by atoms with Gasteiger partial charge in [0.15, 0.2) is 17.3 Å². The quantitative estimate of drug-likeness (QED) is 0.336. The predicted molar refractivity (Wildman–Crippen MR) is 122 cm³/mol. The Kier molecular flexibility index (Phi) is 9.04. The number of halogens is 4. The van der Waals surface area contributed by atoms with Crippen LogP contribution >= 0.6 is 0 Å². The summed E-state index contributed by atoms with van der Waals surface area (Å²) >= 11 is 0. The van der Waals surface area contributed by atoms with Crippen molar-refractivity contribution in [2.24, 2.45) is 11.8 Å². The second-order valence-electron chi connectivity index (χ2n) is 9.00. The summed E-state index contributed by atoms with van der Waals surface area (Å²) in [5.74, 6) is -0.0783. The number of aldehydes is 1. The molecular formula is C25H30F4N2O4. The first-order valence-corrected chi connectivity index (χ1v) is 11.9. The second-order valence-corrected chi connectivity index (χ2v) is 9.00. The molecule has 2 atom stereocenters. The van der Waals surface area contributed by atoms with Crippen molar-refractivity contribution in [3.63, 3.8) is 0 Å². The summed E-state index contributed by atoms with van der Waals surface area (Å²) in [6.07, 6.45) is 1.95. The maximum Gasteiger partial charge on any atom is 0.446 e. The largest absolute Gasteiger partial charge is 0.461 e. The van der Waals surface area contributed by atoms with Gasteiger partial charge in [0, 0.05) is 17.3 Å². The molecule has 0 bridgehead atoms. The maximum atomic E-state index is 14.7. The number of H-pyrrole nitrogens is 1. The molecule has 0 unspecified atom stereocenters. The number of rotatable bonds is 6. The minimum Gasteiger partial charge on any atom is -0.461 e. The lowest BCUT2D eigenvalue weighted by molar-refractivity contribution is -0.156. The van der Waals surface area contributed by atoms with E-state index in [-0.39, 0.29) is 30.5 Å². The van der Waals surface area contributed by atoms with Crippen molar-refractivity contribution in [1.82, 2.24) is 10.3 Å². The van der Waals surface area contributed by atoms with Crippen LogP contribution < -0.4 is 5.32 Å². The van der Waals surface area contributed by atoms with Crippen molar-refractivity contribution < 1.29 is 36.7 Å². The number of alkyl halides is 3. The molecule has 2 fully saturated rings. The molecule has 4 rings (SSSR count). The van der Waals surface area contributed by atoms with Gasteiger partial charge < -0.3 is 15.0 Å². The van der Waals surface area contributed by atoms with E-state index in [0.717, 1.165) is 18.5 Å². The number of benzene rings is 1. The molecule has 2 aromatic rings. The number of aromatic amines is 1. The third kappa shape index (κ3) is 6.90. The van der Waals surface area contributed by atoms with E-state index in [1.165, 1.54) is 32.1 Å². The molecule has 1 aromatic carbocycles. The lowest BCUT2D eigenvalue weighted by Gasteiger charge is -2.30. The lowest BCUT2D eigenvalue weighted by atomic mass is 9.75. The van der Waals surface area contributed by atoms with Crippen LogP contribution in [0.2, 0.25) is 0 Å². The summed E-state index contributed by atoms with van der Waals surface area (Å²) in [5.41, 5.74) is 1.13. The van der Waals surface area contributed by atoms with E-state index in [4.69, 9.17) is 9.53 Å². The average Bonchev–Trinajstić information content (AvgIpc) is 3.45. The summed E-state index contributed by atoms with van der Waals surface area (Å²) in [6, 6.07) is 5.13. The van der Waals surface area contributed by atoms with Crippen molar-refractivity contribution >= 4 is 28.9 Å². The molecule has 1 aromatic heterocycles. The van der Waals surface area contributed by atoms with Crippen LogP contribution in [-0.4, -0.2) is 48.4 Å². The molecule has 1 aliphatic heterocycles. The Morgan fingerprint density at radius 2 is 1.83 bits per heavy atom. The number of aromatic nitrogens is 1. The van der Waals surface area contributed by atoms with Gasteiger partial charge in [-0.15, -0.1) is 0 Å². The number of Topliss-reactive ketones (excluding diaryl/α,β-unsaturated/α-hetero) is 1. The van der Waals surface area contributed by atoms with Crippen molar-refractivity contribution in [3.8, 4) is 0 Å². The highest BCUT2D eigenvalue weighted by Crippen LogP contribution is 2.36. The predicted octanol–water partition coefficient (Wildman–Crippen LogP) is 4.90.